The van der Waals surface area contributed by atoms with Crippen LogP contribution in [0.3, 0.4) is 0 Å². The van der Waals surface area contributed by atoms with Crippen molar-refractivity contribution in [3.8, 4) is 10.6 Å². The van der Waals surface area contributed by atoms with E-state index in [1.165, 1.54) is 4.88 Å². The average Bonchev–Trinajstić information content (AvgIpc) is 2.76. The van der Waals surface area contributed by atoms with Crippen LogP contribution in [0.4, 0.5) is 5.82 Å². The van der Waals surface area contributed by atoms with Gasteiger partial charge in [0.2, 0.25) is 0 Å². The Kier molecular flexibility index (Phi) is 2.29. The maximum atomic E-state index is 5.93. The summed E-state index contributed by atoms with van der Waals surface area (Å²) in [7, 11) is 1.88. The molecule has 2 N–H and O–H groups in total. The van der Waals surface area contributed by atoms with E-state index in [-0.39, 0.29) is 0 Å². The van der Waals surface area contributed by atoms with Crippen LogP contribution in [-0.2, 0) is 13.5 Å². The molecule has 4 heteroatoms. The van der Waals surface area contributed by atoms with Gasteiger partial charge in [-0.05, 0) is 17.9 Å². The van der Waals surface area contributed by atoms with Crippen molar-refractivity contribution >= 4 is 17.2 Å². The Hall–Kier alpha value is -1.29. The molecule has 0 saturated carbocycles. The van der Waals surface area contributed by atoms with Crippen LogP contribution in [0.5, 0.6) is 0 Å². The normalized spacial score (nSPS) is 10.7. The van der Waals surface area contributed by atoms with Crippen molar-refractivity contribution in [2.75, 3.05) is 5.73 Å². The van der Waals surface area contributed by atoms with Gasteiger partial charge in [0, 0.05) is 12.6 Å². The molecule has 2 heterocycles. The van der Waals surface area contributed by atoms with E-state index in [1.54, 1.807) is 16.0 Å². The summed E-state index contributed by atoms with van der Waals surface area (Å²) in [6, 6.07) is 4.11. The van der Waals surface area contributed by atoms with Crippen LogP contribution in [-0.4, -0.2) is 9.78 Å². The van der Waals surface area contributed by atoms with Gasteiger partial charge in [-0.1, -0.05) is 13.0 Å². The molecule has 0 aliphatic heterocycles. The third-order valence-electron chi connectivity index (χ3n) is 2.30. The molecule has 0 unspecified atom stereocenters. The Labute approximate surface area is 87.2 Å². The molecule has 14 heavy (non-hydrogen) atoms. The molecule has 2 aromatic heterocycles. The lowest BCUT2D eigenvalue weighted by molar-refractivity contribution is 0.782. The maximum Gasteiger partial charge on any atom is 0.125 e. The van der Waals surface area contributed by atoms with Crippen molar-refractivity contribution in [3.63, 3.8) is 0 Å². The van der Waals surface area contributed by atoms with E-state index >= 15 is 0 Å². The molecule has 0 atom stereocenters. The molecular formula is C10H13N3S. The summed E-state index contributed by atoms with van der Waals surface area (Å²) in [6.45, 7) is 2.10. The molecule has 3 nitrogen and oxygen atoms in total. The van der Waals surface area contributed by atoms with Gasteiger partial charge in [0.1, 0.15) is 11.5 Å². The predicted molar refractivity (Wildman–Crippen MR) is 60.3 cm³/mol. The number of hydrogen-bond donors (Lipinski definition) is 1. The highest BCUT2D eigenvalue weighted by Gasteiger charge is 2.13. The fourth-order valence-corrected chi connectivity index (χ4v) is 2.28. The molecule has 0 bridgehead atoms. The Morgan fingerprint density at radius 1 is 1.57 bits per heavy atom. The summed E-state index contributed by atoms with van der Waals surface area (Å²) in [6.07, 6.45) is 0.924. The van der Waals surface area contributed by atoms with Crippen LogP contribution in [0.1, 0.15) is 12.5 Å². The number of aryl methyl sites for hydroxylation is 1. The lowest BCUT2D eigenvalue weighted by Crippen LogP contribution is -1.98. The Bertz CT molecular complexity index is 428. The van der Waals surface area contributed by atoms with Gasteiger partial charge in [0.15, 0.2) is 0 Å². The summed E-state index contributed by atoms with van der Waals surface area (Å²) in [5.41, 5.74) is 8.10. The number of rotatable bonds is 2. The fraction of sp³-hybridized carbons (Fsp3) is 0.300. The average molecular weight is 207 g/mol. The van der Waals surface area contributed by atoms with Gasteiger partial charge in [-0.15, -0.1) is 11.3 Å². The number of anilines is 1. The molecule has 0 amide bonds. The molecular weight excluding hydrogens is 194 g/mol. The number of nitrogens with two attached hydrogens (primary N) is 1. The van der Waals surface area contributed by atoms with Gasteiger partial charge in [-0.2, -0.15) is 5.10 Å². The van der Waals surface area contributed by atoms with Gasteiger partial charge in [-0.3, -0.25) is 4.68 Å². The summed E-state index contributed by atoms with van der Waals surface area (Å²) < 4.78 is 1.74. The second-order valence-electron chi connectivity index (χ2n) is 3.17. The zero-order chi connectivity index (χ0) is 10.1. The van der Waals surface area contributed by atoms with Crippen LogP contribution >= 0.6 is 11.3 Å². The van der Waals surface area contributed by atoms with Crippen molar-refractivity contribution in [2.24, 2.45) is 7.05 Å². The first-order valence-electron chi connectivity index (χ1n) is 4.59. The van der Waals surface area contributed by atoms with E-state index in [2.05, 4.69) is 23.5 Å². The molecule has 0 spiro atoms. The molecule has 2 rings (SSSR count). The quantitative estimate of drug-likeness (QED) is 0.821. The van der Waals surface area contributed by atoms with Gasteiger partial charge in [0.25, 0.3) is 0 Å². The van der Waals surface area contributed by atoms with Crippen molar-refractivity contribution in [3.05, 3.63) is 23.1 Å². The van der Waals surface area contributed by atoms with Crippen molar-refractivity contribution < 1.29 is 0 Å². The highest BCUT2D eigenvalue weighted by Crippen LogP contribution is 2.30. The summed E-state index contributed by atoms with van der Waals surface area (Å²) >= 11 is 1.70. The van der Waals surface area contributed by atoms with Crippen LogP contribution in [0.25, 0.3) is 10.6 Å². The SMILES string of the molecule is CCc1c(-c2cccs2)nn(C)c1N. The van der Waals surface area contributed by atoms with Gasteiger partial charge in [0.05, 0.1) is 4.88 Å². The molecule has 74 valence electrons. The van der Waals surface area contributed by atoms with Crippen LogP contribution in [0, 0.1) is 0 Å². The monoisotopic (exact) mass is 207 g/mol. The fourth-order valence-electron chi connectivity index (χ4n) is 1.54. The van der Waals surface area contributed by atoms with Gasteiger partial charge >= 0.3 is 0 Å². The Morgan fingerprint density at radius 2 is 2.36 bits per heavy atom. The van der Waals surface area contributed by atoms with Crippen molar-refractivity contribution in [2.45, 2.75) is 13.3 Å². The number of nitrogen functional groups attached to an aromatic ring is 1. The first-order valence-corrected chi connectivity index (χ1v) is 5.47. The summed E-state index contributed by atoms with van der Waals surface area (Å²) in [5.74, 6) is 0.774. The third-order valence-corrected chi connectivity index (χ3v) is 3.18. The predicted octanol–water partition coefficient (Wildman–Crippen LogP) is 2.29. The number of nitrogens with zero attached hydrogens (tertiary/aromatic N) is 2. The molecule has 2 aromatic rings. The molecule has 0 fully saturated rings. The lowest BCUT2D eigenvalue weighted by atomic mass is 10.1. The van der Waals surface area contributed by atoms with E-state index in [9.17, 15) is 0 Å². The Balaban J connectivity index is 2.59. The van der Waals surface area contributed by atoms with Gasteiger partial charge < -0.3 is 5.73 Å². The van der Waals surface area contributed by atoms with E-state index in [1.807, 2.05) is 13.1 Å². The lowest BCUT2D eigenvalue weighted by Gasteiger charge is -1.96. The molecule has 0 saturated heterocycles. The first kappa shape index (κ1) is 9.27. The minimum atomic E-state index is 0.774. The number of hydrogen-bond acceptors (Lipinski definition) is 3. The molecule has 0 aliphatic rings. The minimum Gasteiger partial charge on any atom is -0.384 e. The Morgan fingerprint density at radius 3 is 2.93 bits per heavy atom. The van der Waals surface area contributed by atoms with Crippen LogP contribution in [0.15, 0.2) is 17.5 Å². The topological polar surface area (TPSA) is 43.8 Å². The van der Waals surface area contributed by atoms with Crippen LogP contribution in [0.2, 0.25) is 0 Å². The van der Waals surface area contributed by atoms with E-state index in [4.69, 9.17) is 5.73 Å². The second kappa shape index (κ2) is 3.46. The van der Waals surface area contributed by atoms with Crippen LogP contribution < -0.4 is 5.73 Å². The van der Waals surface area contributed by atoms with Crippen molar-refractivity contribution in [1.82, 2.24) is 9.78 Å². The minimum absolute atomic E-state index is 0.774. The van der Waals surface area contributed by atoms with Crippen molar-refractivity contribution in [1.29, 1.82) is 0 Å². The highest BCUT2D eigenvalue weighted by molar-refractivity contribution is 7.13. The third kappa shape index (κ3) is 1.32. The standard InChI is InChI=1S/C10H13N3S/c1-3-7-9(8-5-4-6-14-8)12-13(2)10(7)11/h4-6H,3,11H2,1-2H3. The molecule has 0 aliphatic carbocycles. The highest BCUT2D eigenvalue weighted by atomic mass is 32.1. The zero-order valence-corrected chi connectivity index (χ0v) is 9.14. The summed E-state index contributed by atoms with van der Waals surface area (Å²) in [5, 5.41) is 6.48. The molecule has 0 radical (unpaired) electrons. The zero-order valence-electron chi connectivity index (χ0n) is 8.32. The summed E-state index contributed by atoms with van der Waals surface area (Å²) in [4.78, 5) is 1.19. The second-order valence-corrected chi connectivity index (χ2v) is 4.11. The maximum absolute atomic E-state index is 5.93. The van der Waals surface area contributed by atoms with Gasteiger partial charge in [-0.25, -0.2) is 0 Å². The molecule has 0 aromatic carbocycles. The number of thiophene rings is 1. The number of aromatic nitrogens is 2. The largest absolute Gasteiger partial charge is 0.384 e. The van der Waals surface area contributed by atoms with E-state index in [0.29, 0.717) is 0 Å². The first-order chi connectivity index (χ1) is 6.74. The van der Waals surface area contributed by atoms with E-state index in [0.717, 1.165) is 23.5 Å². The smallest absolute Gasteiger partial charge is 0.125 e. The van der Waals surface area contributed by atoms with E-state index < -0.39 is 0 Å².